The highest BCUT2D eigenvalue weighted by atomic mass is 16.7. The van der Waals surface area contributed by atoms with Crippen molar-refractivity contribution < 1.29 is 24.8 Å². The van der Waals surface area contributed by atoms with Gasteiger partial charge in [0.25, 0.3) is 0 Å². The fourth-order valence-electron chi connectivity index (χ4n) is 1.86. The van der Waals surface area contributed by atoms with E-state index in [-0.39, 0.29) is 12.5 Å². The van der Waals surface area contributed by atoms with E-state index in [9.17, 15) is 10.2 Å². The van der Waals surface area contributed by atoms with Gasteiger partial charge in [-0.3, -0.25) is 0 Å². The molecule has 1 rings (SSSR count). The highest BCUT2D eigenvalue weighted by Crippen LogP contribution is 2.26. The lowest BCUT2D eigenvalue weighted by Crippen LogP contribution is -2.55. The zero-order valence-corrected chi connectivity index (χ0v) is 10.2. The van der Waals surface area contributed by atoms with Crippen LogP contribution in [0.4, 0.5) is 0 Å². The van der Waals surface area contributed by atoms with Gasteiger partial charge in [-0.05, 0) is 19.4 Å². The molecule has 1 saturated heterocycles. The van der Waals surface area contributed by atoms with Gasteiger partial charge in [-0.1, -0.05) is 6.92 Å². The Labute approximate surface area is 101 Å². The molecule has 6 heteroatoms. The smallest absolute Gasteiger partial charge is 0.163 e. The lowest BCUT2D eigenvalue weighted by molar-refractivity contribution is -0.282. The maximum atomic E-state index is 9.78. The van der Waals surface area contributed by atoms with Crippen LogP contribution in [0.1, 0.15) is 19.8 Å². The first-order valence-corrected chi connectivity index (χ1v) is 6.06. The van der Waals surface area contributed by atoms with Gasteiger partial charge in [-0.15, -0.1) is 0 Å². The van der Waals surface area contributed by atoms with Crippen LogP contribution in [-0.2, 0) is 9.47 Å². The van der Waals surface area contributed by atoms with E-state index in [0.717, 1.165) is 12.8 Å². The lowest BCUT2D eigenvalue weighted by atomic mass is 9.92. The summed E-state index contributed by atoms with van der Waals surface area (Å²) in [7, 11) is 0. The summed E-state index contributed by atoms with van der Waals surface area (Å²) in [6.07, 6.45) is -1.70. The van der Waals surface area contributed by atoms with Crippen molar-refractivity contribution in [2.45, 2.75) is 44.4 Å². The highest BCUT2D eigenvalue weighted by Gasteiger charge is 2.42. The van der Waals surface area contributed by atoms with Gasteiger partial charge in [0.05, 0.1) is 12.7 Å². The second kappa shape index (κ2) is 7.25. The molecule has 0 radical (unpaired) electrons. The number of ether oxygens (including phenoxy) is 2. The third kappa shape index (κ3) is 3.87. The quantitative estimate of drug-likeness (QED) is 0.441. The molecule has 1 fully saturated rings. The lowest BCUT2D eigenvalue weighted by Gasteiger charge is -2.40. The molecule has 1 aliphatic heterocycles. The van der Waals surface area contributed by atoms with Gasteiger partial charge >= 0.3 is 0 Å². The van der Waals surface area contributed by atoms with Crippen molar-refractivity contribution in [1.82, 2.24) is 0 Å². The summed E-state index contributed by atoms with van der Waals surface area (Å²) >= 11 is 0. The van der Waals surface area contributed by atoms with Crippen LogP contribution < -0.4 is 5.73 Å². The number of rotatable bonds is 6. The molecule has 0 aromatic carbocycles. The van der Waals surface area contributed by atoms with E-state index in [1.54, 1.807) is 6.92 Å². The van der Waals surface area contributed by atoms with E-state index < -0.39 is 24.6 Å². The van der Waals surface area contributed by atoms with Crippen LogP contribution in [0.15, 0.2) is 0 Å². The first-order valence-electron chi connectivity index (χ1n) is 6.06. The average Bonchev–Trinajstić information content (AvgIpc) is 2.34. The predicted molar refractivity (Wildman–Crippen MR) is 61.2 cm³/mol. The summed E-state index contributed by atoms with van der Waals surface area (Å²) in [5.41, 5.74) is 5.37. The first-order chi connectivity index (χ1) is 8.11. The minimum atomic E-state index is -1.07. The van der Waals surface area contributed by atoms with Crippen molar-refractivity contribution in [3.05, 3.63) is 0 Å². The first kappa shape index (κ1) is 14.8. The molecule has 102 valence electrons. The molecule has 5 N–H and O–H groups in total. The molecule has 1 heterocycles. The van der Waals surface area contributed by atoms with Crippen molar-refractivity contribution in [2.24, 2.45) is 11.7 Å². The summed E-state index contributed by atoms with van der Waals surface area (Å²) in [5.74, 6) is -0.328. The Bertz CT molecular complexity index is 214. The summed E-state index contributed by atoms with van der Waals surface area (Å²) < 4.78 is 10.9. The van der Waals surface area contributed by atoms with Crippen molar-refractivity contribution in [3.63, 3.8) is 0 Å². The highest BCUT2D eigenvalue weighted by molar-refractivity contribution is 4.86. The van der Waals surface area contributed by atoms with Crippen molar-refractivity contribution >= 4 is 0 Å². The number of unbranched alkanes of at least 4 members (excludes halogenated alkanes) is 1. The Balaban J connectivity index is 2.42. The number of nitrogens with two attached hydrogens (primary N) is 1. The number of hydrogen-bond donors (Lipinski definition) is 4. The largest absolute Gasteiger partial charge is 0.394 e. The van der Waals surface area contributed by atoms with Gasteiger partial charge in [0.15, 0.2) is 6.29 Å². The van der Waals surface area contributed by atoms with Crippen LogP contribution in [0.3, 0.4) is 0 Å². The molecule has 0 aromatic rings. The number of aliphatic hydroxyl groups is 3. The van der Waals surface area contributed by atoms with E-state index >= 15 is 0 Å². The fourth-order valence-corrected chi connectivity index (χ4v) is 1.86. The molecule has 5 unspecified atom stereocenters. The minimum Gasteiger partial charge on any atom is -0.394 e. The van der Waals surface area contributed by atoms with Gasteiger partial charge in [-0.2, -0.15) is 0 Å². The fraction of sp³-hybridized carbons (Fsp3) is 1.00. The standard InChI is InChI=1S/C11H23NO5/c1-7-9(14)10(15)8(6-13)17-11(7)16-5-3-2-4-12/h7-11,13-15H,2-6,12H2,1H3. The molecule has 1 aliphatic rings. The summed E-state index contributed by atoms with van der Waals surface area (Å²) in [6, 6.07) is 0. The van der Waals surface area contributed by atoms with Gasteiger partial charge in [-0.25, -0.2) is 0 Å². The van der Waals surface area contributed by atoms with Gasteiger partial charge in [0, 0.05) is 12.5 Å². The molecule has 0 saturated carbocycles. The number of aliphatic hydroxyl groups excluding tert-OH is 3. The van der Waals surface area contributed by atoms with Gasteiger partial charge < -0.3 is 30.5 Å². The topological polar surface area (TPSA) is 105 Å². The summed E-state index contributed by atoms with van der Waals surface area (Å²) in [6.45, 7) is 2.51. The molecule has 6 nitrogen and oxygen atoms in total. The zero-order valence-electron chi connectivity index (χ0n) is 10.2. The summed E-state index contributed by atoms with van der Waals surface area (Å²) in [5, 5.41) is 28.4. The molecular formula is C11H23NO5. The summed E-state index contributed by atoms with van der Waals surface area (Å²) in [4.78, 5) is 0. The van der Waals surface area contributed by atoms with Gasteiger partial charge in [0.1, 0.15) is 12.2 Å². The van der Waals surface area contributed by atoms with E-state index in [2.05, 4.69) is 0 Å². The Kier molecular flexibility index (Phi) is 6.32. The van der Waals surface area contributed by atoms with E-state index in [4.69, 9.17) is 20.3 Å². The maximum Gasteiger partial charge on any atom is 0.163 e. The molecule has 0 spiro atoms. The Morgan fingerprint density at radius 1 is 1.24 bits per heavy atom. The molecular weight excluding hydrogens is 226 g/mol. The second-order valence-electron chi connectivity index (χ2n) is 4.43. The van der Waals surface area contributed by atoms with Gasteiger partial charge in [0.2, 0.25) is 0 Å². The SMILES string of the molecule is CC1C(OCCCCN)OC(CO)C(O)C1O. The van der Waals surface area contributed by atoms with Crippen LogP contribution in [0.5, 0.6) is 0 Å². The molecule has 0 aromatic heterocycles. The average molecular weight is 249 g/mol. The van der Waals surface area contributed by atoms with Crippen molar-refractivity contribution in [2.75, 3.05) is 19.8 Å². The van der Waals surface area contributed by atoms with Crippen molar-refractivity contribution in [1.29, 1.82) is 0 Å². The van der Waals surface area contributed by atoms with Crippen LogP contribution in [0, 0.1) is 5.92 Å². The van der Waals surface area contributed by atoms with Crippen LogP contribution in [0.25, 0.3) is 0 Å². The molecule has 0 aliphatic carbocycles. The van der Waals surface area contributed by atoms with Crippen molar-refractivity contribution in [3.8, 4) is 0 Å². The predicted octanol–water partition coefficient (Wildman–Crippen LogP) is -1.18. The molecule has 5 atom stereocenters. The Morgan fingerprint density at radius 3 is 2.53 bits per heavy atom. The van der Waals surface area contributed by atoms with Crippen LogP contribution >= 0.6 is 0 Å². The van der Waals surface area contributed by atoms with Crippen LogP contribution in [0.2, 0.25) is 0 Å². The number of hydrogen-bond acceptors (Lipinski definition) is 6. The zero-order chi connectivity index (χ0) is 12.8. The molecule has 0 bridgehead atoms. The third-order valence-corrected chi connectivity index (χ3v) is 3.07. The molecule has 0 amide bonds. The third-order valence-electron chi connectivity index (χ3n) is 3.07. The normalized spacial score (nSPS) is 38.3. The van der Waals surface area contributed by atoms with E-state index in [1.165, 1.54) is 0 Å². The van der Waals surface area contributed by atoms with Crippen LogP contribution in [-0.4, -0.2) is 59.7 Å². The monoisotopic (exact) mass is 249 g/mol. The van der Waals surface area contributed by atoms with E-state index in [0.29, 0.717) is 13.2 Å². The van der Waals surface area contributed by atoms with E-state index in [1.807, 2.05) is 0 Å². The minimum absolute atomic E-state index is 0.328. The maximum absolute atomic E-state index is 9.78. The molecule has 17 heavy (non-hydrogen) atoms. The second-order valence-corrected chi connectivity index (χ2v) is 4.43. The Morgan fingerprint density at radius 2 is 1.94 bits per heavy atom. The Hall–Kier alpha value is -0.240.